The van der Waals surface area contributed by atoms with Crippen LogP contribution in [0.1, 0.15) is 89.4 Å². The molecular formula is C36H41F3O6S. The summed E-state index contributed by atoms with van der Waals surface area (Å²) in [6, 6.07) is 5.20. The summed E-state index contributed by atoms with van der Waals surface area (Å²) < 4.78 is 52.5. The van der Waals surface area contributed by atoms with Crippen molar-refractivity contribution in [2.75, 3.05) is 0 Å². The minimum absolute atomic E-state index is 0.00485. The van der Waals surface area contributed by atoms with Crippen molar-refractivity contribution in [3.05, 3.63) is 59.4 Å². The third-order valence-electron chi connectivity index (χ3n) is 12.3. The van der Waals surface area contributed by atoms with Crippen molar-refractivity contribution in [3.8, 4) is 0 Å². The molecule has 6 nitrogen and oxygen atoms in total. The number of aliphatic hydroxyl groups is 1. The van der Waals surface area contributed by atoms with Gasteiger partial charge in [0.05, 0.1) is 10.9 Å². The van der Waals surface area contributed by atoms with Crippen molar-refractivity contribution in [1.82, 2.24) is 0 Å². The van der Waals surface area contributed by atoms with Crippen molar-refractivity contribution in [2.45, 2.75) is 107 Å². The van der Waals surface area contributed by atoms with Crippen molar-refractivity contribution in [3.63, 3.8) is 0 Å². The maximum atomic E-state index is 17.8. The number of esters is 1. The van der Waals surface area contributed by atoms with Gasteiger partial charge in [0.25, 0.3) is 0 Å². The zero-order chi connectivity index (χ0) is 33.4. The zero-order valence-electron chi connectivity index (χ0n) is 26.6. The van der Waals surface area contributed by atoms with E-state index >= 15 is 8.78 Å². The lowest BCUT2D eigenvalue weighted by Gasteiger charge is -2.63. The lowest BCUT2D eigenvalue weighted by Crippen LogP contribution is -2.70. The van der Waals surface area contributed by atoms with Gasteiger partial charge in [0.15, 0.2) is 22.8 Å². The van der Waals surface area contributed by atoms with E-state index in [0.717, 1.165) is 17.8 Å². The van der Waals surface area contributed by atoms with Crippen molar-refractivity contribution >= 4 is 34.4 Å². The number of hydrogen-bond acceptors (Lipinski definition) is 7. The van der Waals surface area contributed by atoms with Gasteiger partial charge >= 0.3 is 5.97 Å². The van der Waals surface area contributed by atoms with Crippen LogP contribution in [0.3, 0.4) is 0 Å². The van der Waals surface area contributed by atoms with Gasteiger partial charge in [-0.05, 0) is 86.9 Å². The molecule has 0 spiro atoms. The highest BCUT2D eigenvalue weighted by Gasteiger charge is 2.78. The highest BCUT2D eigenvalue weighted by Crippen LogP contribution is 2.72. The smallest absolute Gasteiger partial charge is 0.306 e. The van der Waals surface area contributed by atoms with Crippen LogP contribution in [-0.2, 0) is 19.1 Å². The molecular weight excluding hydrogens is 617 g/mol. The Balaban J connectivity index is 1.44. The first-order chi connectivity index (χ1) is 21.6. The molecule has 5 aliphatic carbocycles. The van der Waals surface area contributed by atoms with Gasteiger partial charge in [-0.1, -0.05) is 51.5 Å². The Morgan fingerprint density at radius 3 is 2.35 bits per heavy atom. The van der Waals surface area contributed by atoms with E-state index in [1.54, 1.807) is 20.8 Å². The van der Waals surface area contributed by atoms with Crippen molar-refractivity contribution < 1.29 is 42.2 Å². The topological polar surface area (TPSA) is 97.7 Å². The Kier molecular flexibility index (Phi) is 8.07. The molecule has 0 unspecified atom stereocenters. The van der Waals surface area contributed by atoms with E-state index in [1.165, 1.54) is 43.3 Å². The molecule has 0 aliphatic heterocycles. The van der Waals surface area contributed by atoms with Crippen molar-refractivity contribution in [1.29, 1.82) is 0 Å². The highest BCUT2D eigenvalue weighted by atomic mass is 32.2. The molecule has 1 aromatic carbocycles. The lowest BCUT2D eigenvalue weighted by molar-refractivity contribution is -0.228. The van der Waals surface area contributed by atoms with E-state index in [4.69, 9.17) is 4.74 Å². The molecule has 0 radical (unpaired) electrons. The molecule has 248 valence electrons. The third kappa shape index (κ3) is 4.41. The largest absolute Gasteiger partial charge is 0.449 e. The summed E-state index contributed by atoms with van der Waals surface area (Å²) in [5, 5.41) is 11.3. The van der Waals surface area contributed by atoms with Crippen LogP contribution < -0.4 is 0 Å². The van der Waals surface area contributed by atoms with E-state index in [-0.39, 0.29) is 42.6 Å². The van der Waals surface area contributed by atoms with Gasteiger partial charge in [-0.2, -0.15) is 0 Å². The second-order valence-corrected chi connectivity index (χ2v) is 15.8. The van der Waals surface area contributed by atoms with Crippen LogP contribution in [-0.4, -0.2) is 56.1 Å². The predicted molar refractivity (Wildman–Crippen MR) is 167 cm³/mol. The van der Waals surface area contributed by atoms with Crippen LogP contribution in [0, 0.1) is 34.4 Å². The molecule has 1 aromatic rings. The summed E-state index contributed by atoms with van der Waals surface area (Å²) in [7, 11) is 0. The van der Waals surface area contributed by atoms with E-state index in [9.17, 15) is 28.7 Å². The zero-order valence-corrected chi connectivity index (χ0v) is 27.4. The minimum atomic E-state index is -2.35. The first kappa shape index (κ1) is 33.2. The number of benzene rings is 1. The van der Waals surface area contributed by atoms with Crippen LogP contribution >= 0.6 is 11.8 Å². The number of ether oxygens (including phenoxy) is 1. The first-order valence-corrected chi connectivity index (χ1v) is 17.1. The van der Waals surface area contributed by atoms with E-state index in [2.05, 4.69) is 0 Å². The van der Waals surface area contributed by atoms with E-state index in [0.29, 0.717) is 25.7 Å². The molecule has 0 bridgehead atoms. The first-order valence-electron chi connectivity index (χ1n) is 16.3. The van der Waals surface area contributed by atoms with Gasteiger partial charge in [-0.15, -0.1) is 0 Å². The Morgan fingerprint density at radius 2 is 1.72 bits per heavy atom. The van der Waals surface area contributed by atoms with Gasteiger partial charge in [0.1, 0.15) is 12.0 Å². The van der Waals surface area contributed by atoms with Crippen LogP contribution in [0.5, 0.6) is 0 Å². The fraction of sp³-hybridized carbons (Fsp3) is 0.611. The van der Waals surface area contributed by atoms with Crippen LogP contribution in [0.15, 0.2) is 48.1 Å². The number of rotatable bonds is 6. The number of hydrogen-bond donors (Lipinski definition) is 1. The standard InChI is InChI=1S/C36H41F3O6S/c1-5-29(42)45-36(31(44)46-34(13-6-7-14-34)30(43)21-8-10-22(37)11-9-21)20(2)16-24-25-18-27(38)26-17-23(40)12-15-32(26,3)35(25,39)28(41)19-33(24,36)4/h8-12,15,17,20,24-25,27-28,41H,5-7,13-14,16,18-19H2,1-4H3/t20-,24+,25+,27+,28+,32+,33+,35+,36+/m1/s1. The summed E-state index contributed by atoms with van der Waals surface area (Å²) >= 11 is 0.850. The number of ketones is 2. The van der Waals surface area contributed by atoms with Gasteiger partial charge in [-0.25, -0.2) is 13.2 Å². The number of Topliss-reactive ketones (excluding diaryl/α,β-unsaturated/α-hetero) is 1. The lowest BCUT2D eigenvalue weighted by atomic mass is 9.44. The number of aliphatic hydroxyl groups excluding tert-OH is 1. The summed E-state index contributed by atoms with van der Waals surface area (Å²) in [5.41, 5.74) is -6.80. The monoisotopic (exact) mass is 658 g/mol. The van der Waals surface area contributed by atoms with Crippen molar-refractivity contribution in [2.24, 2.45) is 28.6 Å². The Hall–Kier alpha value is -2.72. The summed E-state index contributed by atoms with van der Waals surface area (Å²) in [4.78, 5) is 54.3. The van der Waals surface area contributed by atoms with E-state index in [1.807, 2.05) is 0 Å². The molecule has 10 heteroatoms. The van der Waals surface area contributed by atoms with Gasteiger partial charge in [0, 0.05) is 34.7 Å². The number of fused-ring (bicyclic) bond motifs is 5. The minimum Gasteiger partial charge on any atom is -0.449 e. The fourth-order valence-corrected chi connectivity index (χ4v) is 11.6. The van der Waals surface area contributed by atoms with Gasteiger partial charge in [-0.3, -0.25) is 19.2 Å². The Labute approximate surface area is 271 Å². The number of thioether (sulfide) groups is 1. The molecule has 1 N–H and O–H groups in total. The number of halogens is 3. The average molecular weight is 659 g/mol. The Morgan fingerprint density at radius 1 is 1.07 bits per heavy atom. The summed E-state index contributed by atoms with van der Waals surface area (Å²) in [6.07, 6.45) is 2.20. The molecule has 5 aliphatic rings. The number of alkyl halides is 2. The van der Waals surface area contributed by atoms with Crippen LogP contribution in [0.2, 0.25) is 0 Å². The van der Waals surface area contributed by atoms with Gasteiger partial charge < -0.3 is 9.84 Å². The quantitative estimate of drug-likeness (QED) is 0.264. The molecule has 0 saturated heterocycles. The number of carbonyl (C=O) groups is 4. The molecule has 0 aromatic heterocycles. The summed E-state index contributed by atoms with van der Waals surface area (Å²) in [5.74, 6) is -4.24. The highest BCUT2D eigenvalue weighted by molar-refractivity contribution is 8.15. The van der Waals surface area contributed by atoms with Gasteiger partial charge in [0.2, 0.25) is 5.12 Å². The molecule has 6 rings (SSSR count). The second kappa shape index (κ2) is 11.2. The Bertz CT molecular complexity index is 1530. The third-order valence-corrected chi connectivity index (χ3v) is 13.7. The maximum absolute atomic E-state index is 17.8. The average Bonchev–Trinajstić information content (AvgIpc) is 3.57. The second-order valence-electron chi connectivity index (χ2n) is 14.5. The molecule has 0 heterocycles. The molecule has 46 heavy (non-hydrogen) atoms. The fourth-order valence-electron chi connectivity index (χ4n) is 9.91. The van der Waals surface area contributed by atoms with Crippen LogP contribution in [0.4, 0.5) is 13.2 Å². The van der Waals surface area contributed by atoms with Crippen LogP contribution in [0.25, 0.3) is 0 Å². The molecule has 4 fully saturated rings. The van der Waals surface area contributed by atoms with E-state index < -0.39 is 79.6 Å². The molecule has 4 saturated carbocycles. The maximum Gasteiger partial charge on any atom is 0.306 e. The molecule has 9 atom stereocenters. The normalized spacial score (nSPS) is 40.8. The predicted octanol–water partition coefficient (Wildman–Crippen LogP) is 6.84. The SMILES string of the molecule is CCC(=O)O[C@]1(C(=O)SC2(C(=O)c3ccc(F)cc3)CCCC2)[C@H](C)C[C@H]2[C@@H]3C[C@H](F)C4=CC(=O)C=C[C@]4(C)[C@@]3(F)[C@@H](O)C[C@@]21C. The molecule has 0 amide bonds. The summed E-state index contributed by atoms with van der Waals surface area (Å²) in [6.45, 7) is 6.62. The number of carbonyl (C=O) groups excluding carboxylic acids is 4. The number of allylic oxidation sites excluding steroid dienone is 4.